The molecule has 0 spiro atoms. The number of halogens is 4. The predicted octanol–water partition coefficient (Wildman–Crippen LogP) is 8.15. The number of rotatable bonds is 10. The smallest absolute Gasteiger partial charge is 0.343 e. The second-order valence-electron chi connectivity index (χ2n) is 8.33. The second kappa shape index (κ2) is 12.3. The van der Waals surface area contributed by atoms with Crippen LogP contribution < -0.4 is 14.2 Å². The number of benzene rings is 4. The van der Waals surface area contributed by atoms with E-state index >= 15 is 0 Å². The Morgan fingerprint density at radius 2 is 1.26 bits per heavy atom. The van der Waals surface area contributed by atoms with Crippen molar-refractivity contribution in [2.45, 2.75) is 13.3 Å². The van der Waals surface area contributed by atoms with Crippen molar-refractivity contribution in [3.05, 3.63) is 114 Å². The van der Waals surface area contributed by atoms with Gasteiger partial charge >= 0.3 is 5.97 Å². The highest BCUT2D eigenvalue weighted by Crippen LogP contribution is 2.32. The standard InChI is InChI=1S/C31H24F4O4/c1-3-5-18-38-25-16-14-23(27(32)29(25)34)19-6-8-21(9-7-19)31(36)39-26-17-15-24(28(33)30(26)35)20-10-12-22(13-11-20)37-4-2/h3,6-17H,1,4-5,18H2,2H3. The minimum absolute atomic E-state index is 0.000550. The van der Waals surface area contributed by atoms with Gasteiger partial charge in [0.15, 0.2) is 23.1 Å². The molecule has 4 aromatic rings. The Bertz CT molecular complexity index is 1480. The van der Waals surface area contributed by atoms with Gasteiger partial charge in [-0.1, -0.05) is 30.3 Å². The van der Waals surface area contributed by atoms with E-state index in [1.807, 2.05) is 6.92 Å². The van der Waals surface area contributed by atoms with Crippen LogP contribution >= 0.6 is 0 Å². The zero-order chi connectivity index (χ0) is 27.9. The first-order valence-electron chi connectivity index (χ1n) is 12.1. The fourth-order valence-corrected chi connectivity index (χ4v) is 3.79. The third-order valence-corrected chi connectivity index (χ3v) is 5.78. The van der Waals surface area contributed by atoms with Gasteiger partial charge in [0, 0.05) is 11.1 Å². The molecule has 0 radical (unpaired) electrons. The molecule has 0 saturated carbocycles. The third kappa shape index (κ3) is 6.12. The second-order valence-corrected chi connectivity index (χ2v) is 8.33. The highest BCUT2D eigenvalue weighted by atomic mass is 19.2. The van der Waals surface area contributed by atoms with Crippen LogP contribution in [0.5, 0.6) is 17.2 Å². The normalized spacial score (nSPS) is 10.7. The van der Waals surface area contributed by atoms with E-state index in [-0.39, 0.29) is 34.6 Å². The minimum Gasteiger partial charge on any atom is -0.494 e. The van der Waals surface area contributed by atoms with Gasteiger partial charge in [-0.05, 0) is 73.0 Å². The summed E-state index contributed by atoms with van der Waals surface area (Å²) in [5.41, 5.74) is 0.660. The van der Waals surface area contributed by atoms with Crippen LogP contribution in [-0.4, -0.2) is 19.2 Å². The van der Waals surface area contributed by atoms with Crippen molar-refractivity contribution in [1.29, 1.82) is 0 Å². The van der Waals surface area contributed by atoms with Crippen molar-refractivity contribution < 1.29 is 36.6 Å². The fraction of sp³-hybridized carbons (Fsp3) is 0.129. The average Bonchev–Trinajstić information content (AvgIpc) is 2.95. The van der Waals surface area contributed by atoms with Crippen LogP contribution in [0.4, 0.5) is 17.6 Å². The van der Waals surface area contributed by atoms with Gasteiger partial charge in [-0.2, -0.15) is 8.78 Å². The summed E-state index contributed by atoms with van der Waals surface area (Å²) >= 11 is 0. The molecule has 8 heteroatoms. The third-order valence-electron chi connectivity index (χ3n) is 5.78. The number of ether oxygens (including phenoxy) is 3. The summed E-state index contributed by atoms with van der Waals surface area (Å²) in [4.78, 5) is 12.6. The molecule has 39 heavy (non-hydrogen) atoms. The van der Waals surface area contributed by atoms with Gasteiger partial charge in [-0.15, -0.1) is 6.58 Å². The van der Waals surface area contributed by atoms with Crippen molar-refractivity contribution in [3.8, 4) is 39.5 Å². The van der Waals surface area contributed by atoms with Gasteiger partial charge in [0.1, 0.15) is 5.75 Å². The van der Waals surface area contributed by atoms with Gasteiger partial charge in [-0.3, -0.25) is 0 Å². The first-order chi connectivity index (χ1) is 18.8. The Hall–Kier alpha value is -4.59. The number of carbonyl (C=O) groups is 1. The Morgan fingerprint density at radius 1 is 0.718 bits per heavy atom. The molecule has 4 nitrogen and oxygen atoms in total. The molecule has 0 atom stereocenters. The highest BCUT2D eigenvalue weighted by molar-refractivity contribution is 5.91. The molecule has 0 bridgehead atoms. The predicted molar refractivity (Wildman–Crippen MR) is 140 cm³/mol. The van der Waals surface area contributed by atoms with Gasteiger partial charge in [0.2, 0.25) is 11.6 Å². The number of esters is 1. The summed E-state index contributed by atoms with van der Waals surface area (Å²) in [5, 5.41) is 0. The molecule has 0 fully saturated rings. The van der Waals surface area contributed by atoms with Gasteiger partial charge in [0.25, 0.3) is 0 Å². The summed E-state index contributed by atoms with van der Waals surface area (Å²) in [5.74, 6) is -5.90. The quantitative estimate of drug-likeness (QED) is 0.0675. The molecular formula is C31H24F4O4. The molecular weight excluding hydrogens is 512 g/mol. The van der Waals surface area contributed by atoms with Crippen molar-refractivity contribution in [2.75, 3.05) is 13.2 Å². The van der Waals surface area contributed by atoms with E-state index in [0.29, 0.717) is 24.3 Å². The van der Waals surface area contributed by atoms with E-state index in [0.717, 1.165) is 6.07 Å². The van der Waals surface area contributed by atoms with Gasteiger partial charge in [0.05, 0.1) is 18.8 Å². The van der Waals surface area contributed by atoms with E-state index in [9.17, 15) is 22.4 Å². The average molecular weight is 537 g/mol. The summed E-state index contributed by atoms with van der Waals surface area (Å²) in [6.07, 6.45) is 2.07. The lowest BCUT2D eigenvalue weighted by Gasteiger charge is -2.11. The van der Waals surface area contributed by atoms with Crippen LogP contribution in [0.1, 0.15) is 23.7 Å². The first kappa shape index (κ1) is 27.4. The topological polar surface area (TPSA) is 44.8 Å². The Morgan fingerprint density at radius 3 is 1.82 bits per heavy atom. The molecule has 0 aliphatic carbocycles. The molecule has 0 unspecified atom stereocenters. The Labute approximate surface area is 223 Å². The van der Waals surface area contributed by atoms with E-state index in [2.05, 4.69) is 6.58 Å². The molecule has 0 aliphatic heterocycles. The fourth-order valence-electron chi connectivity index (χ4n) is 3.79. The maximum absolute atomic E-state index is 14.8. The molecule has 0 saturated heterocycles. The first-order valence-corrected chi connectivity index (χ1v) is 12.1. The molecule has 0 aromatic heterocycles. The van der Waals surface area contributed by atoms with Crippen LogP contribution in [0.3, 0.4) is 0 Å². The lowest BCUT2D eigenvalue weighted by molar-refractivity contribution is 0.0726. The molecule has 0 aliphatic rings. The lowest BCUT2D eigenvalue weighted by atomic mass is 10.0. The van der Waals surface area contributed by atoms with Crippen LogP contribution in [0.15, 0.2) is 85.5 Å². The van der Waals surface area contributed by atoms with Crippen LogP contribution in [0.25, 0.3) is 22.3 Å². The summed E-state index contributed by atoms with van der Waals surface area (Å²) in [6.45, 7) is 6.00. The zero-order valence-corrected chi connectivity index (χ0v) is 21.0. The van der Waals surface area contributed by atoms with E-state index in [1.54, 1.807) is 30.3 Å². The maximum atomic E-state index is 14.8. The van der Waals surface area contributed by atoms with Crippen LogP contribution in [-0.2, 0) is 0 Å². The van der Waals surface area contributed by atoms with E-state index in [4.69, 9.17) is 14.2 Å². The summed E-state index contributed by atoms with van der Waals surface area (Å²) < 4.78 is 74.2. The van der Waals surface area contributed by atoms with Crippen molar-refractivity contribution in [3.63, 3.8) is 0 Å². The summed E-state index contributed by atoms with van der Waals surface area (Å²) in [7, 11) is 0. The van der Waals surface area contributed by atoms with Gasteiger partial charge < -0.3 is 14.2 Å². The molecule has 0 N–H and O–H groups in total. The molecule has 4 rings (SSSR count). The highest BCUT2D eigenvalue weighted by Gasteiger charge is 2.20. The van der Waals surface area contributed by atoms with Crippen LogP contribution in [0.2, 0.25) is 0 Å². The zero-order valence-electron chi connectivity index (χ0n) is 21.0. The molecule has 0 amide bonds. The largest absolute Gasteiger partial charge is 0.494 e. The molecule has 200 valence electrons. The molecule has 0 heterocycles. The van der Waals surface area contributed by atoms with E-state index in [1.165, 1.54) is 42.5 Å². The molecule has 4 aromatic carbocycles. The SMILES string of the molecule is C=CCCOc1ccc(-c2ccc(C(=O)Oc3ccc(-c4ccc(OCC)cc4)c(F)c3F)cc2)c(F)c1F. The minimum atomic E-state index is -1.32. The van der Waals surface area contributed by atoms with Crippen molar-refractivity contribution in [1.82, 2.24) is 0 Å². The number of hydrogen-bond donors (Lipinski definition) is 0. The van der Waals surface area contributed by atoms with Crippen molar-refractivity contribution in [2.24, 2.45) is 0 Å². The van der Waals surface area contributed by atoms with Crippen molar-refractivity contribution >= 4 is 5.97 Å². The Kier molecular flexibility index (Phi) is 8.66. The number of hydrogen-bond acceptors (Lipinski definition) is 4. The number of carbonyl (C=O) groups excluding carboxylic acids is 1. The van der Waals surface area contributed by atoms with Gasteiger partial charge in [-0.25, -0.2) is 13.6 Å². The lowest BCUT2D eigenvalue weighted by Crippen LogP contribution is -2.10. The Balaban J connectivity index is 1.49. The summed E-state index contributed by atoms with van der Waals surface area (Å²) in [6, 6.07) is 17.0. The van der Waals surface area contributed by atoms with E-state index < -0.39 is 35.0 Å². The monoisotopic (exact) mass is 536 g/mol. The maximum Gasteiger partial charge on any atom is 0.343 e. The van der Waals surface area contributed by atoms with Crippen LogP contribution in [0, 0.1) is 23.3 Å².